The molecule has 0 heterocycles. The normalized spacial score (nSPS) is 11.6. The van der Waals surface area contributed by atoms with Gasteiger partial charge in [-0.1, -0.05) is 24.3 Å². The highest BCUT2D eigenvalue weighted by Crippen LogP contribution is 2.24. The van der Waals surface area contributed by atoms with Crippen LogP contribution in [0.5, 0.6) is 5.75 Å². The Kier molecular flexibility index (Phi) is 4.57. The second-order valence-corrected chi connectivity index (χ2v) is 4.68. The molecule has 0 radical (unpaired) electrons. The molecular weight excluding hydrogens is 288 g/mol. The summed E-state index contributed by atoms with van der Waals surface area (Å²) in [5.41, 5.74) is 0.661. The van der Waals surface area contributed by atoms with Gasteiger partial charge in [-0.3, -0.25) is 10.1 Å². The summed E-state index contributed by atoms with van der Waals surface area (Å²) in [5.74, 6) is -1.03. The number of para-hydroxylation sites is 2. The minimum Gasteiger partial charge on any atom is -0.508 e. The minimum atomic E-state index is -1.12. The van der Waals surface area contributed by atoms with Gasteiger partial charge in [-0.05, 0) is 23.8 Å². The number of carboxylic acids is 1. The SMILES string of the molecule is O=C(O)C(Cc1ccc(O)cc1)Nc1ccccc1[N+](=O)[O-]. The Morgan fingerprint density at radius 3 is 2.41 bits per heavy atom. The van der Waals surface area contributed by atoms with E-state index in [9.17, 15) is 25.1 Å². The minimum absolute atomic E-state index is 0.0854. The van der Waals surface area contributed by atoms with E-state index in [1.807, 2.05) is 0 Å². The average molecular weight is 302 g/mol. The van der Waals surface area contributed by atoms with Crippen molar-refractivity contribution in [1.82, 2.24) is 0 Å². The Hall–Kier alpha value is -3.09. The Bertz CT molecular complexity index is 685. The van der Waals surface area contributed by atoms with E-state index in [0.29, 0.717) is 5.56 Å². The lowest BCUT2D eigenvalue weighted by molar-refractivity contribution is -0.384. The largest absolute Gasteiger partial charge is 0.508 e. The maximum Gasteiger partial charge on any atom is 0.326 e. The number of nitro benzene ring substituents is 1. The lowest BCUT2D eigenvalue weighted by Gasteiger charge is -2.16. The Morgan fingerprint density at radius 2 is 1.82 bits per heavy atom. The van der Waals surface area contributed by atoms with Gasteiger partial charge in [0.25, 0.3) is 5.69 Å². The Balaban J connectivity index is 2.21. The number of carboxylic acid groups (broad SMARTS) is 1. The van der Waals surface area contributed by atoms with Crippen LogP contribution in [0.25, 0.3) is 0 Å². The molecule has 2 rings (SSSR count). The fourth-order valence-electron chi connectivity index (χ4n) is 2.01. The second-order valence-electron chi connectivity index (χ2n) is 4.68. The number of phenolic OH excluding ortho intramolecular Hbond substituents is 1. The molecule has 22 heavy (non-hydrogen) atoms. The molecule has 0 fully saturated rings. The first-order valence-corrected chi connectivity index (χ1v) is 6.48. The molecule has 114 valence electrons. The van der Waals surface area contributed by atoms with Gasteiger partial charge in [-0.2, -0.15) is 0 Å². The highest BCUT2D eigenvalue weighted by molar-refractivity contribution is 5.79. The topological polar surface area (TPSA) is 113 Å². The molecule has 0 amide bonds. The van der Waals surface area contributed by atoms with Gasteiger partial charge < -0.3 is 15.5 Å². The monoisotopic (exact) mass is 302 g/mol. The predicted molar refractivity (Wildman–Crippen MR) is 80.0 cm³/mol. The van der Waals surface area contributed by atoms with Gasteiger partial charge in [-0.25, -0.2) is 4.79 Å². The number of anilines is 1. The molecule has 2 aromatic carbocycles. The molecule has 0 saturated heterocycles. The number of hydrogen-bond acceptors (Lipinski definition) is 5. The van der Waals surface area contributed by atoms with Crippen LogP contribution >= 0.6 is 0 Å². The molecule has 0 saturated carbocycles. The summed E-state index contributed by atoms with van der Waals surface area (Å²) in [6.45, 7) is 0. The van der Waals surface area contributed by atoms with Crippen LogP contribution < -0.4 is 5.32 Å². The van der Waals surface area contributed by atoms with Crippen molar-refractivity contribution >= 4 is 17.3 Å². The van der Waals surface area contributed by atoms with E-state index in [2.05, 4.69) is 5.32 Å². The summed E-state index contributed by atoms with van der Waals surface area (Å²) in [4.78, 5) is 21.8. The number of nitrogens with zero attached hydrogens (tertiary/aromatic N) is 1. The summed E-state index contributed by atoms with van der Waals surface area (Å²) in [6.07, 6.45) is 0.127. The molecule has 7 nitrogen and oxygen atoms in total. The summed E-state index contributed by atoms with van der Waals surface area (Å²) in [6, 6.07) is 11.0. The second kappa shape index (κ2) is 6.57. The number of aromatic hydroxyl groups is 1. The molecule has 1 atom stereocenters. The zero-order chi connectivity index (χ0) is 16.1. The van der Waals surface area contributed by atoms with Gasteiger partial charge in [-0.15, -0.1) is 0 Å². The van der Waals surface area contributed by atoms with E-state index in [-0.39, 0.29) is 23.5 Å². The molecule has 3 N–H and O–H groups in total. The van der Waals surface area contributed by atoms with Crippen LogP contribution in [0.4, 0.5) is 11.4 Å². The number of nitro groups is 1. The molecule has 0 aliphatic heterocycles. The van der Waals surface area contributed by atoms with E-state index >= 15 is 0 Å². The first-order valence-electron chi connectivity index (χ1n) is 6.48. The third kappa shape index (κ3) is 3.72. The van der Waals surface area contributed by atoms with Gasteiger partial charge in [0.15, 0.2) is 0 Å². The van der Waals surface area contributed by atoms with Gasteiger partial charge in [0.2, 0.25) is 0 Å². The van der Waals surface area contributed by atoms with Crippen molar-refractivity contribution in [2.45, 2.75) is 12.5 Å². The van der Waals surface area contributed by atoms with Crippen LogP contribution in [0.2, 0.25) is 0 Å². The highest BCUT2D eigenvalue weighted by Gasteiger charge is 2.22. The molecule has 7 heteroatoms. The molecule has 1 unspecified atom stereocenters. The van der Waals surface area contributed by atoms with Crippen LogP contribution in [-0.4, -0.2) is 27.1 Å². The van der Waals surface area contributed by atoms with Crippen LogP contribution in [0.1, 0.15) is 5.56 Å². The summed E-state index contributed by atoms with van der Waals surface area (Å²) in [7, 11) is 0. The lowest BCUT2D eigenvalue weighted by atomic mass is 10.1. The van der Waals surface area contributed by atoms with Crippen LogP contribution in [0.3, 0.4) is 0 Å². The smallest absolute Gasteiger partial charge is 0.326 e. The predicted octanol–water partition coefficient (Wildman–Crippen LogP) is 2.41. The summed E-state index contributed by atoms with van der Waals surface area (Å²) < 4.78 is 0. The maximum atomic E-state index is 11.4. The highest BCUT2D eigenvalue weighted by atomic mass is 16.6. The van der Waals surface area contributed by atoms with Gasteiger partial charge in [0.05, 0.1) is 4.92 Å². The lowest BCUT2D eigenvalue weighted by Crippen LogP contribution is -2.31. The number of aliphatic carboxylic acids is 1. The van der Waals surface area contributed by atoms with Gasteiger partial charge >= 0.3 is 5.97 Å². The molecule has 0 aromatic heterocycles. The average Bonchev–Trinajstić information content (AvgIpc) is 2.49. The zero-order valence-corrected chi connectivity index (χ0v) is 11.5. The molecule has 0 aliphatic carbocycles. The third-order valence-corrected chi connectivity index (χ3v) is 3.10. The number of carbonyl (C=O) groups is 1. The number of nitrogens with one attached hydrogen (secondary N) is 1. The van der Waals surface area contributed by atoms with Crippen molar-refractivity contribution in [3.8, 4) is 5.75 Å². The van der Waals surface area contributed by atoms with E-state index in [1.54, 1.807) is 18.2 Å². The van der Waals surface area contributed by atoms with Crippen molar-refractivity contribution in [3.05, 3.63) is 64.2 Å². The first-order chi connectivity index (χ1) is 10.5. The number of hydrogen-bond donors (Lipinski definition) is 3. The van der Waals surface area contributed by atoms with Crippen molar-refractivity contribution in [2.75, 3.05) is 5.32 Å². The van der Waals surface area contributed by atoms with Crippen molar-refractivity contribution in [2.24, 2.45) is 0 Å². The van der Waals surface area contributed by atoms with Crippen molar-refractivity contribution in [3.63, 3.8) is 0 Å². The molecule has 0 spiro atoms. The molecule has 0 bridgehead atoms. The Labute approximate surface area is 126 Å². The number of phenols is 1. The summed E-state index contributed by atoms with van der Waals surface area (Å²) in [5, 5.41) is 32.2. The number of benzene rings is 2. The first kappa shape index (κ1) is 15.3. The van der Waals surface area contributed by atoms with E-state index in [4.69, 9.17) is 0 Å². The Morgan fingerprint density at radius 1 is 1.18 bits per heavy atom. The third-order valence-electron chi connectivity index (χ3n) is 3.10. The van der Waals surface area contributed by atoms with Gasteiger partial charge in [0, 0.05) is 12.5 Å². The fourth-order valence-corrected chi connectivity index (χ4v) is 2.01. The zero-order valence-electron chi connectivity index (χ0n) is 11.5. The quantitative estimate of drug-likeness (QED) is 0.558. The van der Waals surface area contributed by atoms with E-state index in [1.165, 1.54) is 30.3 Å². The van der Waals surface area contributed by atoms with Gasteiger partial charge in [0.1, 0.15) is 17.5 Å². The van der Waals surface area contributed by atoms with Crippen LogP contribution in [-0.2, 0) is 11.2 Å². The van der Waals surface area contributed by atoms with Crippen molar-refractivity contribution in [1.29, 1.82) is 0 Å². The van der Waals surface area contributed by atoms with Crippen LogP contribution in [0.15, 0.2) is 48.5 Å². The van der Waals surface area contributed by atoms with Crippen molar-refractivity contribution < 1.29 is 19.9 Å². The van der Waals surface area contributed by atoms with E-state index < -0.39 is 16.9 Å². The molecule has 2 aromatic rings. The maximum absolute atomic E-state index is 11.4. The molecular formula is C15H14N2O5. The summed E-state index contributed by atoms with van der Waals surface area (Å²) >= 11 is 0. The fraction of sp³-hybridized carbons (Fsp3) is 0.133. The number of rotatable bonds is 6. The van der Waals surface area contributed by atoms with Crippen LogP contribution in [0, 0.1) is 10.1 Å². The molecule has 0 aliphatic rings. The standard InChI is InChI=1S/C15H14N2O5/c18-11-7-5-10(6-8-11)9-13(15(19)20)16-12-3-1-2-4-14(12)17(21)22/h1-8,13,16,18H,9H2,(H,19,20). The van der Waals surface area contributed by atoms with E-state index in [0.717, 1.165) is 0 Å².